The van der Waals surface area contributed by atoms with Gasteiger partial charge in [-0.05, 0) is 37.3 Å². The second-order valence-corrected chi connectivity index (χ2v) is 8.35. The van der Waals surface area contributed by atoms with Crippen LogP contribution in [0.1, 0.15) is 39.7 Å². The van der Waals surface area contributed by atoms with Crippen molar-refractivity contribution in [2.75, 3.05) is 17.7 Å². The molecule has 1 aromatic carbocycles. The molecule has 3 amide bonds. The number of hydrogen-bond acceptors (Lipinski definition) is 6. The van der Waals surface area contributed by atoms with Crippen LogP contribution in [0.25, 0.3) is 0 Å². The Bertz CT molecular complexity index is 865. The number of alkyl carbamates (subject to hydrolysis) is 1. The number of hydrogen-bond donors (Lipinski definition) is 2. The van der Waals surface area contributed by atoms with Crippen molar-refractivity contribution in [1.82, 2.24) is 5.32 Å². The van der Waals surface area contributed by atoms with Crippen LogP contribution in [-0.4, -0.2) is 30.3 Å². The number of aryl methyl sites for hydroxylation is 1. The number of amides is 3. The number of anilines is 1. The van der Waals surface area contributed by atoms with Crippen LogP contribution in [-0.2, 0) is 28.1 Å². The molecule has 0 fully saturated rings. The minimum Gasteiger partial charge on any atom is -0.450 e. The molecule has 6 nitrogen and oxygen atoms in total. The van der Waals surface area contributed by atoms with E-state index >= 15 is 0 Å². The van der Waals surface area contributed by atoms with Crippen molar-refractivity contribution in [3.05, 3.63) is 51.9 Å². The molecule has 28 heavy (non-hydrogen) atoms. The van der Waals surface area contributed by atoms with Gasteiger partial charge >= 0.3 is 6.09 Å². The van der Waals surface area contributed by atoms with E-state index < -0.39 is 12.0 Å². The van der Waals surface area contributed by atoms with Crippen molar-refractivity contribution in [2.45, 2.75) is 31.9 Å². The van der Waals surface area contributed by atoms with E-state index in [2.05, 4.69) is 10.6 Å². The van der Waals surface area contributed by atoms with Crippen molar-refractivity contribution < 1.29 is 19.1 Å². The zero-order valence-corrected chi connectivity index (χ0v) is 17.2. The standard InChI is InChI=1S/C20H22N2O4S2/c1-2-26-20(25)22-18(24)17-14-9-6-10-15(14)28-19(17)21-16(23)12-27-11-13-7-4-3-5-8-13/h3-5,7-8H,2,6,9-12H2,1H3,(H,21,23)(H,22,24,25). The Morgan fingerprint density at radius 3 is 2.71 bits per heavy atom. The highest BCUT2D eigenvalue weighted by Gasteiger charge is 2.28. The van der Waals surface area contributed by atoms with Crippen molar-refractivity contribution in [3.63, 3.8) is 0 Å². The molecule has 2 aromatic rings. The first-order valence-corrected chi connectivity index (χ1v) is 11.1. The minimum atomic E-state index is -0.777. The lowest BCUT2D eigenvalue weighted by Gasteiger charge is -2.09. The lowest BCUT2D eigenvalue weighted by molar-refractivity contribution is -0.113. The van der Waals surface area contributed by atoms with Gasteiger partial charge in [-0.25, -0.2) is 4.79 Å². The first-order valence-electron chi connectivity index (χ1n) is 9.12. The molecule has 1 heterocycles. The summed E-state index contributed by atoms with van der Waals surface area (Å²) in [4.78, 5) is 37.7. The second-order valence-electron chi connectivity index (χ2n) is 6.26. The first-order chi connectivity index (χ1) is 13.6. The maximum atomic E-state index is 12.6. The van der Waals surface area contributed by atoms with Crippen LogP contribution in [0.4, 0.5) is 9.80 Å². The van der Waals surface area contributed by atoms with E-state index in [4.69, 9.17) is 4.74 Å². The maximum absolute atomic E-state index is 12.6. The molecule has 2 N–H and O–H groups in total. The van der Waals surface area contributed by atoms with Crippen molar-refractivity contribution in [2.24, 2.45) is 0 Å². The summed E-state index contributed by atoms with van der Waals surface area (Å²) in [6.45, 7) is 1.86. The summed E-state index contributed by atoms with van der Waals surface area (Å²) in [6, 6.07) is 9.94. The predicted octanol–water partition coefficient (Wildman–Crippen LogP) is 4.00. The van der Waals surface area contributed by atoms with Gasteiger partial charge in [-0.3, -0.25) is 14.9 Å². The number of carbonyl (C=O) groups excluding carboxylic acids is 3. The minimum absolute atomic E-state index is 0.161. The van der Waals surface area contributed by atoms with Crippen LogP contribution in [0.5, 0.6) is 0 Å². The topological polar surface area (TPSA) is 84.5 Å². The summed E-state index contributed by atoms with van der Waals surface area (Å²) in [5, 5.41) is 5.61. The van der Waals surface area contributed by atoms with Gasteiger partial charge in [0.05, 0.1) is 17.9 Å². The van der Waals surface area contributed by atoms with Crippen LogP contribution in [0.15, 0.2) is 30.3 Å². The number of imide groups is 1. The molecule has 0 unspecified atom stereocenters. The summed E-state index contributed by atoms with van der Waals surface area (Å²) < 4.78 is 4.79. The third kappa shape index (κ3) is 5.14. The first kappa shape index (κ1) is 20.4. The lowest BCUT2D eigenvalue weighted by atomic mass is 10.1. The molecular weight excluding hydrogens is 396 g/mol. The molecule has 0 radical (unpaired) electrons. The van der Waals surface area contributed by atoms with Gasteiger partial charge in [0.2, 0.25) is 5.91 Å². The van der Waals surface area contributed by atoms with Crippen LogP contribution < -0.4 is 10.6 Å². The third-order valence-electron chi connectivity index (χ3n) is 4.24. The van der Waals surface area contributed by atoms with Gasteiger partial charge in [-0.15, -0.1) is 23.1 Å². The maximum Gasteiger partial charge on any atom is 0.414 e. The van der Waals surface area contributed by atoms with Gasteiger partial charge in [0.25, 0.3) is 5.91 Å². The number of fused-ring (bicyclic) bond motifs is 1. The number of nitrogens with one attached hydrogen (secondary N) is 2. The van der Waals surface area contributed by atoms with Gasteiger partial charge in [0.1, 0.15) is 5.00 Å². The monoisotopic (exact) mass is 418 g/mol. The smallest absolute Gasteiger partial charge is 0.414 e. The molecule has 1 aliphatic rings. The molecule has 0 saturated heterocycles. The predicted molar refractivity (Wildman–Crippen MR) is 112 cm³/mol. The highest BCUT2D eigenvalue weighted by Crippen LogP contribution is 2.39. The summed E-state index contributed by atoms with van der Waals surface area (Å²) in [7, 11) is 0. The Morgan fingerprint density at radius 2 is 1.96 bits per heavy atom. The van der Waals surface area contributed by atoms with E-state index in [0.29, 0.717) is 10.6 Å². The van der Waals surface area contributed by atoms with Crippen LogP contribution in [0, 0.1) is 0 Å². The molecule has 1 aromatic heterocycles. The van der Waals surface area contributed by atoms with Crippen molar-refractivity contribution in [3.8, 4) is 0 Å². The van der Waals surface area contributed by atoms with Gasteiger partial charge in [-0.2, -0.15) is 0 Å². The number of thioether (sulfide) groups is 1. The molecule has 148 valence electrons. The van der Waals surface area contributed by atoms with Crippen molar-refractivity contribution >= 4 is 46.0 Å². The average Bonchev–Trinajstić information content (AvgIpc) is 3.23. The van der Waals surface area contributed by atoms with E-state index in [1.54, 1.807) is 6.92 Å². The second kappa shape index (κ2) is 9.75. The van der Waals surface area contributed by atoms with Gasteiger partial charge in [0.15, 0.2) is 0 Å². The molecule has 1 aliphatic carbocycles. The SMILES string of the molecule is CCOC(=O)NC(=O)c1c(NC(=O)CSCc2ccccc2)sc2c1CCC2. The zero-order valence-electron chi connectivity index (χ0n) is 15.6. The van der Waals surface area contributed by atoms with Crippen LogP contribution >= 0.6 is 23.1 Å². The van der Waals surface area contributed by atoms with Crippen LogP contribution in [0.3, 0.4) is 0 Å². The highest BCUT2D eigenvalue weighted by atomic mass is 32.2. The summed E-state index contributed by atoms with van der Waals surface area (Å²) in [5.41, 5.74) is 2.48. The molecule has 3 rings (SSSR count). The summed E-state index contributed by atoms with van der Waals surface area (Å²) >= 11 is 2.94. The van der Waals surface area contributed by atoms with E-state index in [9.17, 15) is 14.4 Å². The Hall–Kier alpha value is -2.32. The van der Waals surface area contributed by atoms with E-state index in [-0.39, 0.29) is 18.3 Å². The number of thiophene rings is 1. The fourth-order valence-electron chi connectivity index (χ4n) is 3.05. The molecular formula is C20H22N2O4S2. The van der Waals surface area contributed by atoms with Crippen LogP contribution in [0.2, 0.25) is 0 Å². The van der Waals surface area contributed by atoms with Gasteiger partial charge < -0.3 is 10.1 Å². The number of benzene rings is 1. The van der Waals surface area contributed by atoms with Crippen molar-refractivity contribution in [1.29, 1.82) is 0 Å². The summed E-state index contributed by atoms with van der Waals surface area (Å²) in [5.74, 6) is 0.345. The van der Waals surface area contributed by atoms with E-state index in [1.807, 2.05) is 30.3 Å². The largest absolute Gasteiger partial charge is 0.450 e. The van der Waals surface area contributed by atoms with E-state index in [0.717, 1.165) is 41.0 Å². The number of rotatable bonds is 7. The normalized spacial score (nSPS) is 12.3. The Kier molecular flexibility index (Phi) is 7.11. The molecule has 0 bridgehead atoms. The average molecular weight is 419 g/mol. The highest BCUT2D eigenvalue weighted by molar-refractivity contribution is 7.99. The van der Waals surface area contributed by atoms with Gasteiger partial charge in [-0.1, -0.05) is 30.3 Å². The number of carbonyl (C=O) groups is 3. The summed E-state index contributed by atoms with van der Waals surface area (Å²) in [6.07, 6.45) is 1.86. The molecule has 0 saturated carbocycles. The lowest BCUT2D eigenvalue weighted by Crippen LogP contribution is -2.32. The Balaban J connectivity index is 1.63. The Morgan fingerprint density at radius 1 is 1.18 bits per heavy atom. The van der Waals surface area contributed by atoms with E-state index in [1.165, 1.54) is 23.1 Å². The fourth-order valence-corrected chi connectivity index (χ4v) is 5.14. The molecule has 0 aliphatic heterocycles. The quantitative estimate of drug-likeness (QED) is 0.710. The molecule has 0 spiro atoms. The molecule has 8 heteroatoms. The fraction of sp³-hybridized carbons (Fsp3) is 0.350. The molecule has 0 atom stereocenters. The number of ether oxygens (including phenoxy) is 1. The van der Waals surface area contributed by atoms with Gasteiger partial charge in [0, 0.05) is 10.6 Å². The third-order valence-corrected chi connectivity index (χ3v) is 6.45. The Labute approximate surface area is 172 Å². The zero-order chi connectivity index (χ0) is 19.9.